The molecule has 0 spiro atoms. The SMILES string of the molecule is CCc1ccc(C(=O)C(N)c2ccccc2)cc1. The van der Waals surface area contributed by atoms with Gasteiger partial charge in [-0.15, -0.1) is 0 Å². The van der Waals surface area contributed by atoms with Crippen LogP contribution in [0.5, 0.6) is 0 Å². The molecule has 0 heterocycles. The van der Waals surface area contributed by atoms with Crippen LogP contribution in [0.4, 0.5) is 0 Å². The van der Waals surface area contributed by atoms with Gasteiger partial charge < -0.3 is 5.73 Å². The van der Waals surface area contributed by atoms with E-state index in [4.69, 9.17) is 5.73 Å². The van der Waals surface area contributed by atoms with Gasteiger partial charge in [-0.3, -0.25) is 4.79 Å². The first-order chi connectivity index (χ1) is 8.72. The molecular weight excluding hydrogens is 222 g/mol. The minimum absolute atomic E-state index is 0.0381. The van der Waals surface area contributed by atoms with E-state index in [1.54, 1.807) is 0 Å². The van der Waals surface area contributed by atoms with Crippen molar-refractivity contribution in [2.75, 3.05) is 0 Å². The Hall–Kier alpha value is -1.93. The molecule has 0 aliphatic carbocycles. The number of Topliss-reactive ketones (excluding diaryl/α,β-unsaturated/α-hetero) is 1. The second-order valence-electron chi connectivity index (χ2n) is 4.30. The zero-order valence-corrected chi connectivity index (χ0v) is 10.5. The Morgan fingerprint density at radius 3 is 2.22 bits per heavy atom. The first-order valence-corrected chi connectivity index (χ1v) is 6.16. The van der Waals surface area contributed by atoms with Gasteiger partial charge in [0.25, 0.3) is 0 Å². The first kappa shape index (κ1) is 12.5. The molecule has 0 fully saturated rings. The number of carbonyl (C=O) groups is 1. The average molecular weight is 239 g/mol. The number of benzene rings is 2. The molecule has 2 aromatic rings. The molecular formula is C16H17NO. The zero-order valence-electron chi connectivity index (χ0n) is 10.5. The Labute approximate surface area is 107 Å². The quantitative estimate of drug-likeness (QED) is 0.833. The van der Waals surface area contributed by atoms with Crippen LogP contribution in [0, 0.1) is 0 Å². The van der Waals surface area contributed by atoms with Gasteiger partial charge in [0.05, 0.1) is 6.04 Å². The normalized spacial score (nSPS) is 12.1. The number of aryl methyl sites for hydroxylation is 1. The van der Waals surface area contributed by atoms with E-state index >= 15 is 0 Å². The fourth-order valence-electron chi connectivity index (χ4n) is 1.90. The summed E-state index contributed by atoms with van der Waals surface area (Å²) in [6.07, 6.45) is 0.971. The van der Waals surface area contributed by atoms with E-state index in [1.807, 2.05) is 54.6 Å². The van der Waals surface area contributed by atoms with Crippen LogP contribution in [-0.4, -0.2) is 5.78 Å². The number of carbonyl (C=O) groups excluding carboxylic acids is 1. The molecule has 92 valence electrons. The molecule has 0 bridgehead atoms. The number of hydrogen-bond acceptors (Lipinski definition) is 2. The second kappa shape index (κ2) is 5.61. The van der Waals surface area contributed by atoms with Gasteiger partial charge in [0.15, 0.2) is 5.78 Å². The van der Waals surface area contributed by atoms with Gasteiger partial charge in [0, 0.05) is 5.56 Å². The van der Waals surface area contributed by atoms with E-state index in [-0.39, 0.29) is 5.78 Å². The highest BCUT2D eigenvalue weighted by Gasteiger charge is 2.16. The molecule has 0 aromatic heterocycles. The Morgan fingerprint density at radius 1 is 1.06 bits per heavy atom. The van der Waals surface area contributed by atoms with E-state index in [9.17, 15) is 4.79 Å². The average Bonchev–Trinajstić information content (AvgIpc) is 2.47. The van der Waals surface area contributed by atoms with Crippen LogP contribution in [0.3, 0.4) is 0 Å². The maximum atomic E-state index is 12.2. The number of hydrogen-bond donors (Lipinski definition) is 1. The maximum Gasteiger partial charge on any atom is 0.184 e. The highest BCUT2D eigenvalue weighted by molar-refractivity contribution is 6.00. The Morgan fingerprint density at radius 2 is 1.67 bits per heavy atom. The van der Waals surface area contributed by atoms with Crippen molar-refractivity contribution in [1.29, 1.82) is 0 Å². The second-order valence-corrected chi connectivity index (χ2v) is 4.30. The number of nitrogens with two attached hydrogens (primary N) is 1. The molecule has 2 nitrogen and oxygen atoms in total. The molecule has 2 aromatic carbocycles. The summed E-state index contributed by atoms with van der Waals surface area (Å²) in [4.78, 5) is 12.2. The van der Waals surface area contributed by atoms with Gasteiger partial charge in [-0.25, -0.2) is 0 Å². The van der Waals surface area contributed by atoms with Crippen molar-refractivity contribution in [2.24, 2.45) is 5.73 Å². The van der Waals surface area contributed by atoms with Crippen LogP contribution in [0.2, 0.25) is 0 Å². The van der Waals surface area contributed by atoms with Crippen LogP contribution in [0.25, 0.3) is 0 Å². The monoisotopic (exact) mass is 239 g/mol. The van der Waals surface area contributed by atoms with Crippen molar-refractivity contribution < 1.29 is 4.79 Å². The molecule has 1 atom stereocenters. The molecule has 0 aliphatic rings. The zero-order chi connectivity index (χ0) is 13.0. The Bertz CT molecular complexity index is 517. The summed E-state index contributed by atoms with van der Waals surface area (Å²) in [5.74, 6) is -0.0381. The van der Waals surface area contributed by atoms with Crippen LogP contribution < -0.4 is 5.73 Å². The van der Waals surface area contributed by atoms with Crippen molar-refractivity contribution in [3.63, 3.8) is 0 Å². The van der Waals surface area contributed by atoms with Crippen LogP contribution in [0.1, 0.15) is 34.5 Å². The lowest BCUT2D eigenvalue weighted by Gasteiger charge is -2.11. The van der Waals surface area contributed by atoms with Crippen LogP contribution >= 0.6 is 0 Å². The summed E-state index contributed by atoms with van der Waals surface area (Å²) in [5, 5.41) is 0. The topological polar surface area (TPSA) is 43.1 Å². The molecule has 1 unspecified atom stereocenters. The Balaban J connectivity index is 2.20. The van der Waals surface area contributed by atoms with Gasteiger partial charge >= 0.3 is 0 Å². The third-order valence-corrected chi connectivity index (χ3v) is 3.09. The van der Waals surface area contributed by atoms with E-state index in [0.717, 1.165) is 12.0 Å². The van der Waals surface area contributed by atoms with Crippen molar-refractivity contribution >= 4 is 5.78 Å². The van der Waals surface area contributed by atoms with E-state index in [2.05, 4.69) is 6.92 Å². The highest BCUT2D eigenvalue weighted by Crippen LogP contribution is 2.16. The number of rotatable bonds is 4. The Kier molecular flexibility index (Phi) is 3.90. The van der Waals surface area contributed by atoms with Crippen LogP contribution in [0.15, 0.2) is 54.6 Å². The highest BCUT2D eigenvalue weighted by atomic mass is 16.1. The summed E-state index contributed by atoms with van der Waals surface area (Å²) >= 11 is 0. The lowest BCUT2D eigenvalue weighted by molar-refractivity contribution is 0.0961. The summed E-state index contributed by atoms with van der Waals surface area (Å²) in [5.41, 5.74) is 8.73. The predicted molar refractivity (Wildman–Crippen MR) is 73.5 cm³/mol. The standard InChI is InChI=1S/C16H17NO/c1-2-12-8-10-14(11-9-12)16(18)15(17)13-6-4-3-5-7-13/h3-11,15H,2,17H2,1H3. The van der Waals surface area contributed by atoms with E-state index in [1.165, 1.54) is 5.56 Å². The molecule has 2 N–H and O–H groups in total. The third-order valence-electron chi connectivity index (χ3n) is 3.09. The minimum Gasteiger partial charge on any atom is -0.318 e. The molecule has 0 aliphatic heterocycles. The van der Waals surface area contributed by atoms with Gasteiger partial charge in [-0.1, -0.05) is 61.5 Å². The fraction of sp³-hybridized carbons (Fsp3) is 0.188. The van der Waals surface area contributed by atoms with Gasteiger partial charge in [0.1, 0.15) is 0 Å². The van der Waals surface area contributed by atoms with Crippen molar-refractivity contribution in [3.05, 3.63) is 71.3 Å². The minimum atomic E-state index is -0.585. The smallest absolute Gasteiger partial charge is 0.184 e. The molecule has 0 radical (unpaired) electrons. The van der Waals surface area contributed by atoms with Gasteiger partial charge in [0.2, 0.25) is 0 Å². The molecule has 18 heavy (non-hydrogen) atoms. The molecule has 0 saturated heterocycles. The van der Waals surface area contributed by atoms with Crippen molar-refractivity contribution in [3.8, 4) is 0 Å². The third kappa shape index (κ3) is 2.66. The first-order valence-electron chi connectivity index (χ1n) is 6.16. The predicted octanol–water partition coefficient (Wildman–Crippen LogP) is 3.13. The summed E-state index contributed by atoms with van der Waals surface area (Å²) in [7, 11) is 0. The lowest BCUT2D eigenvalue weighted by Crippen LogP contribution is -2.21. The van der Waals surface area contributed by atoms with Crippen molar-refractivity contribution in [2.45, 2.75) is 19.4 Å². The molecule has 0 saturated carbocycles. The number of ketones is 1. The molecule has 2 heteroatoms. The molecule has 2 rings (SSSR count). The lowest BCUT2D eigenvalue weighted by atomic mass is 9.97. The summed E-state index contributed by atoms with van der Waals surface area (Å²) < 4.78 is 0. The van der Waals surface area contributed by atoms with Gasteiger partial charge in [-0.05, 0) is 17.5 Å². The summed E-state index contributed by atoms with van der Waals surface area (Å²) in [6, 6.07) is 16.5. The fourth-order valence-corrected chi connectivity index (χ4v) is 1.90. The van der Waals surface area contributed by atoms with Gasteiger partial charge in [-0.2, -0.15) is 0 Å². The van der Waals surface area contributed by atoms with Crippen LogP contribution in [-0.2, 0) is 6.42 Å². The summed E-state index contributed by atoms with van der Waals surface area (Å²) in [6.45, 7) is 2.09. The van der Waals surface area contributed by atoms with E-state index in [0.29, 0.717) is 5.56 Å². The molecule has 0 amide bonds. The largest absolute Gasteiger partial charge is 0.318 e. The van der Waals surface area contributed by atoms with E-state index < -0.39 is 6.04 Å². The maximum absolute atomic E-state index is 12.2. The van der Waals surface area contributed by atoms with Crippen molar-refractivity contribution in [1.82, 2.24) is 0 Å².